The summed E-state index contributed by atoms with van der Waals surface area (Å²) in [6.07, 6.45) is 3.05. The molecular formula is C18H16F3N3O3. The van der Waals surface area contributed by atoms with Crippen LogP contribution in [0.4, 0.5) is 23.7 Å². The summed E-state index contributed by atoms with van der Waals surface area (Å²) in [6.45, 7) is 2.99. The van der Waals surface area contributed by atoms with Crippen LogP contribution in [-0.2, 0) is 11.3 Å². The van der Waals surface area contributed by atoms with E-state index in [0.717, 1.165) is 7.11 Å². The van der Waals surface area contributed by atoms with Gasteiger partial charge >= 0.3 is 6.03 Å². The summed E-state index contributed by atoms with van der Waals surface area (Å²) in [5, 5.41) is 0. The fourth-order valence-corrected chi connectivity index (χ4v) is 2.90. The Bertz CT molecular complexity index is 919. The number of carbonyl (C=O) groups is 2. The molecule has 0 spiro atoms. The molecule has 1 aliphatic heterocycles. The summed E-state index contributed by atoms with van der Waals surface area (Å²) in [5.74, 6) is -6.11. The molecular weight excluding hydrogens is 363 g/mol. The number of pyridine rings is 1. The maximum atomic E-state index is 14.4. The normalized spacial score (nSPS) is 16.2. The third-order valence-electron chi connectivity index (χ3n) is 4.46. The molecule has 0 saturated carbocycles. The molecule has 1 aromatic carbocycles. The largest absolute Gasteiger partial charge is 0.491 e. The average molecular weight is 379 g/mol. The first-order valence-electron chi connectivity index (χ1n) is 7.96. The number of halogens is 3. The van der Waals surface area contributed by atoms with Crippen LogP contribution in [0, 0.1) is 17.5 Å². The molecule has 3 amide bonds. The van der Waals surface area contributed by atoms with Crippen LogP contribution in [-0.4, -0.2) is 34.5 Å². The van der Waals surface area contributed by atoms with Crippen molar-refractivity contribution in [3.05, 3.63) is 53.6 Å². The van der Waals surface area contributed by atoms with Gasteiger partial charge in [0.2, 0.25) is 5.82 Å². The molecule has 6 nitrogen and oxygen atoms in total. The van der Waals surface area contributed by atoms with E-state index in [-0.39, 0.29) is 6.54 Å². The second-order valence-electron chi connectivity index (χ2n) is 6.46. The van der Waals surface area contributed by atoms with Crippen LogP contribution < -0.4 is 9.64 Å². The van der Waals surface area contributed by atoms with Gasteiger partial charge in [-0.05, 0) is 31.5 Å². The number of rotatable bonds is 4. The Labute approximate surface area is 153 Å². The zero-order valence-corrected chi connectivity index (χ0v) is 14.8. The topological polar surface area (TPSA) is 62.7 Å². The maximum absolute atomic E-state index is 14.4. The SMILES string of the molecule is COc1c(F)cc(N2C(=O)N(Cc3ccncc3)C(C)(C)C2=O)c(F)c1F. The highest BCUT2D eigenvalue weighted by molar-refractivity contribution is 6.23. The minimum atomic E-state index is -1.61. The molecule has 9 heteroatoms. The lowest BCUT2D eigenvalue weighted by Gasteiger charge is -2.27. The van der Waals surface area contributed by atoms with E-state index >= 15 is 0 Å². The second-order valence-corrected chi connectivity index (χ2v) is 6.46. The third-order valence-corrected chi connectivity index (χ3v) is 4.46. The Morgan fingerprint density at radius 3 is 2.33 bits per heavy atom. The fraction of sp³-hybridized carbons (Fsp3) is 0.278. The molecule has 1 aromatic heterocycles. The van der Waals surface area contributed by atoms with Gasteiger partial charge in [0.15, 0.2) is 17.4 Å². The third kappa shape index (κ3) is 2.88. The second kappa shape index (κ2) is 6.57. The van der Waals surface area contributed by atoms with Gasteiger partial charge in [0, 0.05) is 25.0 Å². The van der Waals surface area contributed by atoms with Gasteiger partial charge in [0.1, 0.15) is 5.54 Å². The number of anilines is 1. The van der Waals surface area contributed by atoms with E-state index in [9.17, 15) is 22.8 Å². The van der Waals surface area contributed by atoms with Crippen molar-refractivity contribution in [3.63, 3.8) is 0 Å². The zero-order chi connectivity index (χ0) is 19.9. The van der Waals surface area contributed by atoms with Gasteiger partial charge in [-0.1, -0.05) is 0 Å². The van der Waals surface area contributed by atoms with Crippen molar-refractivity contribution in [1.82, 2.24) is 9.88 Å². The average Bonchev–Trinajstić information content (AvgIpc) is 2.80. The van der Waals surface area contributed by atoms with Gasteiger partial charge in [-0.25, -0.2) is 18.5 Å². The van der Waals surface area contributed by atoms with Crippen LogP contribution in [0.25, 0.3) is 0 Å². The molecule has 142 valence electrons. The quantitative estimate of drug-likeness (QED) is 0.604. The van der Waals surface area contributed by atoms with Crippen LogP contribution in [0.5, 0.6) is 5.75 Å². The number of hydrogen-bond donors (Lipinski definition) is 0. The number of carbonyl (C=O) groups excluding carboxylic acids is 2. The molecule has 0 radical (unpaired) electrons. The van der Waals surface area contributed by atoms with Crippen LogP contribution in [0.1, 0.15) is 19.4 Å². The molecule has 1 aliphatic rings. The molecule has 0 bridgehead atoms. The highest BCUT2D eigenvalue weighted by Crippen LogP contribution is 2.38. The number of methoxy groups -OCH3 is 1. The van der Waals surface area contributed by atoms with Gasteiger partial charge in [-0.2, -0.15) is 4.39 Å². The number of hydrogen-bond acceptors (Lipinski definition) is 4. The Kier molecular flexibility index (Phi) is 4.54. The van der Waals surface area contributed by atoms with Gasteiger partial charge in [0.05, 0.1) is 12.8 Å². The van der Waals surface area contributed by atoms with Crippen molar-refractivity contribution in [2.45, 2.75) is 25.9 Å². The minimum absolute atomic E-state index is 0.0410. The number of imide groups is 1. The number of nitrogens with zero attached hydrogens (tertiary/aromatic N) is 3. The predicted molar refractivity (Wildman–Crippen MR) is 89.6 cm³/mol. The molecule has 0 aliphatic carbocycles. The molecule has 3 rings (SSSR count). The highest BCUT2D eigenvalue weighted by atomic mass is 19.2. The summed E-state index contributed by atoms with van der Waals surface area (Å²) in [7, 11) is 0.979. The summed E-state index contributed by atoms with van der Waals surface area (Å²) in [4.78, 5) is 31.1. The van der Waals surface area contributed by atoms with Crippen molar-refractivity contribution in [1.29, 1.82) is 0 Å². The smallest absolute Gasteiger partial charge is 0.332 e. The van der Waals surface area contributed by atoms with Crippen molar-refractivity contribution in [3.8, 4) is 5.75 Å². The minimum Gasteiger partial charge on any atom is -0.491 e. The zero-order valence-electron chi connectivity index (χ0n) is 14.8. The van der Waals surface area contributed by atoms with E-state index in [4.69, 9.17) is 0 Å². The number of ether oxygens (including phenoxy) is 1. The highest BCUT2D eigenvalue weighted by Gasteiger charge is 2.52. The standard InChI is InChI=1S/C18H16F3N3O3/c1-18(2)16(25)24(12-8-11(19)15(27-3)14(21)13(12)20)17(26)23(18)9-10-4-6-22-7-5-10/h4-8H,9H2,1-3H3. The lowest BCUT2D eigenvalue weighted by atomic mass is 10.0. The van der Waals surface area contributed by atoms with E-state index in [0.29, 0.717) is 16.5 Å². The first-order valence-corrected chi connectivity index (χ1v) is 7.96. The van der Waals surface area contributed by atoms with Crippen molar-refractivity contribution in [2.24, 2.45) is 0 Å². The first kappa shape index (κ1) is 18.7. The Balaban J connectivity index is 2.05. The van der Waals surface area contributed by atoms with E-state index in [1.165, 1.54) is 31.1 Å². The molecule has 0 N–H and O–H groups in total. The van der Waals surface area contributed by atoms with Crippen molar-refractivity contribution >= 4 is 17.6 Å². The fourth-order valence-electron chi connectivity index (χ4n) is 2.90. The van der Waals surface area contributed by atoms with Gasteiger partial charge in [-0.3, -0.25) is 9.78 Å². The van der Waals surface area contributed by atoms with E-state index in [1.807, 2.05) is 0 Å². The number of benzene rings is 1. The number of urea groups is 1. The molecule has 1 fully saturated rings. The van der Waals surface area contributed by atoms with Crippen LogP contribution in [0.3, 0.4) is 0 Å². The Hall–Kier alpha value is -3.10. The molecule has 2 heterocycles. The summed E-state index contributed by atoms with van der Waals surface area (Å²) in [5.41, 5.74) is -1.46. The Morgan fingerprint density at radius 2 is 1.74 bits per heavy atom. The van der Waals surface area contributed by atoms with E-state index in [1.54, 1.807) is 12.1 Å². The molecule has 27 heavy (non-hydrogen) atoms. The number of aromatic nitrogens is 1. The first-order chi connectivity index (χ1) is 12.7. The summed E-state index contributed by atoms with van der Waals surface area (Å²) < 4.78 is 47.0. The van der Waals surface area contributed by atoms with Gasteiger partial charge < -0.3 is 9.64 Å². The van der Waals surface area contributed by atoms with Gasteiger partial charge in [0.25, 0.3) is 5.91 Å². The van der Waals surface area contributed by atoms with E-state index in [2.05, 4.69) is 9.72 Å². The van der Waals surface area contributed by atoms with Crippen LogP contribution in [0.2, 0.25) is 0 Å². The summed E-state index contributed by atoms with van der Waals surface area (Å²) in [6, 6.07) is 3.00. The van der Waals surface area contributed by atoms with E-state index < -0.39 is 46.4 Å². The Morgan fingerprint density at radius 1 is 1.11 bits per heavy atom. The van der Waals surface area contributed by atoms with Crippen molar-refractivity contribution < 1.29 is 27.5 Å². The van der Waals surface area contributed by atoms with Crippen molar-refractivity contribution in [2.75, 3.05) is 12.0 Å². The predicted octanol–water partition coefficient (Wildman–Crippen LogP) is 3.25. The number of amides is 3. The maximum Gasteiger partial charge on any atom is 0.332 e. The molecule has 1 saturated heterocycles. The summed E-state index contributed by atoms with van der Waals surface area (Å²) >= 11 is 0. The van der Waals surface area contributed by atoms with Crippen LogP contribution >= 0.6 is 0 Å². The van der Waals surface area contributed by atoms with Crippen LogP contribution in [0.15, 0.2) is 30.6 Å². The monoisotopic (exact) mass is 379 g/mol. The molecule has 2 aromatic rings. The molecule has 0 atom stereocenters. The molecule has 0 unspecified atom stereocenters. The lowest BCUT2D eigenvalue weighted by Crippen LogP contribution is -2.43. The van der Waals surface area contributed by atoms with Gasteiger partial charge in [-0.15, -0.1) is 0 Å². The lowest BCUT2D eigenvalue weighted by molar-refractivity contribution is -0.123.